The zero-order valence-electron chi connectivity index (χ0n) is 24.2. The molecule has 0 radical (unpaired) electrons. The molecular formula is C28H46N4O9S. The van der Waals surface area contributed by atoms with Crippen molar-refractivity contribution in [3.05, 3.63) is 0 Å². The molecule has 0 bridgehead atoms. The molecule has 2 saturated heterocycles. The average molecular weight is 615 g/mol. The summed E-state index contributed by atoms with van der Waals surface area (Å²) in [6.45, 7) is 3.25. The number of hydrogen-bond donors (Lipinski definition) is 5. The van der Waals surface area contributed by atoms with E-state index in [1.165, 1.54) is 0 Å². The maximum Gasteiger partial charge on any atom is 0.326 e. The normalized spacial score (nSPS) is 19.8. The zero-order chi connectivity index (χ0) is 30.4. The molecule has 0 aromatic rings. The van der Waals surface area contributed by atoms with Gasteiger partial charge in [-0.3, -0.25) is 9.59 Å². The number of fused-ring (bicyclic) bond motifs is 1. The van der Waals surface area contributed by atoms with Crippen LogP contribution in [0.2, 0.25) is 0 Å². The van der Waals surface area contributed by atoms with E-state index in [0.717, 1.165) is 25.0 Å². The summed E-state index contributed by atoms with van der Waals surface area (Å²) >= 11 is 1.87. The Bertz CT molecular complexity index is 873. The number of hydrogen-bond acceptors (Lipinski definition) is 9. The van der Waals surface area contributed by atoms with Crippen molar-refractivity contribution in [2.75, 3.05) is 65.2 Å². The summed E-state index contributed by atoms with van der Waals surface area (Å²) in [6, 6.07) is -0.679. The van der Waals surface area contributed by atoms with Crippen LogP contribution in [-0.2, 0) is 33.3 Å². The van der Waals surface area contributed by atoms with E-state index in [9.17, 15) is 24.3 Å². The van der Waals surface area contributed by atoms with Crippen molar-refractivity contribution in [1.82, 2.24) is 21.3 Å². The molecule has 0 saturated carbocycles. The predicted octanol–water partition coefficient (Wildman–Crippen LogP) is 0.658. The van der Waals surface area contributed by atoms with Gasteiger partial charge in [-0.2, -0.15) is 11.8 Å². The number of nitrogens with one attached hydrogen (secondary N) is 4. The second-order valence-electron chi connectivity index (χ2n) is 10.0. The van der Waals surface area contributed by atoms with E-state index < -0.39 is 17.9 Å². The zero-order valence-corrected chi connectivity index (χ0v) is 25.1. The number of thioether (sulfide) groups is 1. The predicted molar refractivity (Wildman–Crippen MR) is 157 cm³/mol. The number of carbonyl (C=O) groups excluding carboxylic acids is 3. The minimum atomic E-state index is -1.09. The van der Waals surface area contributed by atoms with Gasteiger partial charge in [0.15, 0.2) is 0 Å². The van der Waals surface area contributed by atoms with E-state index in [-0.39, 0.29) is 50.1 Å². The van der Waals surface area contributed by atoms with Gasteiger partial charge in [-0.05, 0) is 32.1 Å². The van der Waals surface area contributed by atoms with E-state index >= 15 is 0 Å². The lowest BCUT2D eigenvalue weighted by Crippen LogP contribution is -2.41. The van der Waals surface area contributed by atoms with Crippen LogP contribution >= 0.6 is 11.8 Å². The lowest BCUT2D eigenvalue weighted by Gasteiger charge is -2.16. The largest absolute Gasteiger partial charge is 0.480 e. The molecule has 4 atom stereocenters. The summed E-state index contributed by atoms with van der Waals surface area (Å²) in [6.07, 6.45) is 9.67. The van der Waals surface area contributed by atoms with Gasteiger partial charge in [-0.25, -0.2) is 9.59 Å². The second kappa shape index (κ2) is 22.0. The number of carbonyl (C=O) groups is 4. The van der Waals surface area contributed by atoms with E-state index in [1.54, 1.807) is 0 Å². The number of carboxylic acids is 1. The smallest absolute Gasteiger partial charge is 0.326 e. The first-order valence-electron chi connectivity index (χ1n) is 14.6. The van der Waals surface area contributed by atoms with Crippen LogP contribution in [0.15, 0.2) is 0 Å². The quantitative estimate of drug-likeness (QED) is 0.0558. The summed E-state index contributed by atoms with van der Waals surface area (Å²) in [7, 11) is 0. The SMILES string of the molecule is C#CCOCCOCCOCCOCCC(=O)NC(CCCCNC(=O)CCCCC1SC[C@H]2NC(=O)N[C@@H]12)C(=O)O. The van der Waals surface area contributed by atoms with Gasteiger partial charge in [0.05, 0.1) is 58.3 Å². The fourth-order valence-electron chi connectivity index (χ4n) is 4.54. The Labute approximate surface area is 252 Å². The molecule has 2 unspecified atom stereocenters. The molecule has 5 N–H and O–H groups in total. The monoisotopic (exact) mass is 614 g/mol. The van der Waals surface area contributed by atoms with Crippen LogP contribution in [0.25, 0.3) is 0 Å². The number of rotatable bonds is 25. The highest BCUT2D eigenvalue weighted by atomic mass is 32.2. The van der Waals surface area contributed by atoms with Crippen molar-refractivity contribution >= 4 is 35.6 Å². The van der Waals surface area contributed by atoms with Gasteiger partial charge in [0.1, 0.15) is 12.6 Å². The first-order valence-corrected chi connectivity index (χ1v) is 15.7. The van der Waals surface area contributed by atoms with Gasteiger partial charge < -0.3 is 45.3 Å². The van der Waals surface area contributed by atoms with Crippen LogP contribution in [0.5, 0.6) is 0 Å². The molecular weight excluding hydrogens is 568 g/mol. The molecule has 0 aromatic heterocycles. The highest BCUT2D eigenvalue weighted by Gasteiger charge is 2.42. The van der Waals surface area contributed by atoms with Crippen LogP contribution in [0.3, 0.4) is 0 Å². The summed E-state index contributed by atoms with van der Waals surface area (Å²) in [5.41, 5.74) is 0. The van der Waals surface area contributed by atoms with Crippen molar-refractivity contribution in [2.45, 2.75) is 74.7 Å². The lowest BCUT2D eigenvalue weighted by molar-refractivity contribution is -0.142. The molecule has 0 aliphatic carbocycles. The van der Waals surface area contributed by atoms with E-state index in [4.69, 9.17) is 25.4 Å². The third-order valence-corrected chi connectivity index (χ3v) is 8.24. The number of amides is 4. The first-order chi connectivity index (χ1) is 20.4. The number of carboxylic acid groups (broad SMARTS) is 1. The third-order valence-electron chi connectivity index (χ3n) is 6.73. The van der Waals surface area contributed by atoms with Crippen LogP contribution in [0.4, 0.5) is 4.79 Å². The van der Waals surface area contributed by atoms with Gasteiger partial charge in [0.2, 0.25) is 11.8 Å². The Morgan fingerprint density at radius 3 is 2.31 bits per heavy atom. The molecule has 13 nitrogen and oxygen atoms in total. The Balaban J connectivity index is 1.40. The van der Waals surface area contributed by atoms with Crippen LogP contribution in [0.1, 0.15) is 51.4 Å². The minimum absolute atomic E-state index is 0.0216. The van der Waals surface area contributed by atoms with Gasteiger partial charge in [-0.1, -0.05) is 12.3 Å². The van der Waals surface area contributed by atoms with Crippen LogP contribution < -0.4 is 21.3 Å². The fraction of sp³-hybridized carbons (Fsp3) is 0.786. The van der Waals surface area contributed by atoms with E-state index in [0.29, 0.717) is 70.7 Å². The average Bonchev–Trinajstić information content (AvgIpc) is 3.51. The van der Waals surface area contributed by atoms with Crippen LogP contribution in [0, 0.1) is 12.3 Å². The second-order valence-corrected chi connectivity index (χ2v) is 11.3. The number of terminal acetylenes is 1. The molecule has 4 amide bonds. The van der Waals surface area contributed by atoms with Gasteiger partial charge in [-0.15, -0.1) is 6.42 Å². The van der Waals surface area contributed by atoms with Crippen molar-refractivity contribution < 1.29 is 43.2 Å². The van der Waals surface area contributed by atoms with Gasteiger partial charge in [0, 0.05) is 30.4 Å². The standard InChI is InChI=1S/C28H46N4O9S/c1-2-12-38-14-16-40-18-19-41-17-15-39-13-10-25(34)30-21(27(35)36)7-5-6-11-29-24(33)9-4-3-8-23-26-22(20-42-23)31-28(37)32-26/h1,21-23,26H,3-20H2,(H,29,33)(H,30,34)(H,35,36)(H2,31,32,37)/t21?,22-,23?,26-/m1/s1. The molecule has 2 aliphatic heterocycles. The van der Waals surface area contributed by atoms with Crippen molar-refractivity contribution in [1.29, 1.82) is 0 Å². The lowest BCUT2D eigenvalue weighted by atomic mass is 10.0. The maximum atomic E-state index is 12.1. The summed E-state index contributed by atoms with van der Waals surface area (Å²) in [4.78, 5) is 47.2. The summed E-state index contributed by atoms with van der Waals surface area (Å²) < 4.78 is 21.1. The molecule has 2 fully saturated rings. The van der Waals surface area contributed by atoms with E-state index in [2.05, 4.69) is 27.2 Å². The molecule has 2 heterocycles. The van der Waals surface area contributed by atoms with Crippen molar-refractivity contribution in [2.24, 2.45) is 0 Å². The summed E-state index contributed by atoms with van der Waals surface area (Å²) in [5, 5.41) is 21.1. The fourth-order valence-corrected chi connectivity index (χ4v) is 6.09. The summed E-state index contributed by atoms with van der Waals surface area (Å²) in [5.74, 6) is 1.79. The highest BCUT2D eigenvalue weighted by Crippen LogP contribution is 2.33. The van der Waals surface area contributed by atoms with Crippen molar-refractivity contribution in [3.63, 3.8) is 0 Å². The molecule has 14 heteroatoms. The Hall–Kier alpha value is -2.57. The minimum Gasteiger partial charge on any atom is -0.480 e. The Kier molecular flexibility index (Phi) is 18.7. The topological polar surface area (TPSA) is 174 Å². The Morgan fingerprint density at radius 2 is 1.62 bits per heavy atom. The number of ether oxygens (including phenoxy) is 4. The first kappa shape index (κ1) is 35.6. The van der Waals surface area contributed by atoms with Gasteiger partial charge in [0.25, 0.3) is 0 Å². The number of urea groups is 1. The van der Waals surface area contributed by atoms with E-state index in [1.807, 2.05) is 11.8 Å². The third kappa shape index (κ3) is 15.6. The van der Waals surface area contributed by atoms with Crippen LogP contribution in [-0.4, -0.2) is 117 Å². The molecule has 2 aliphatic rings. The van der Waals surface area contributed by atoms with Crippen molar-refractivity contribution in [3.8, 4) is 12.3 Å². The number of unbranched alkanes of at least 4 members (excludes halogenated alkanes) is 2. The maximum absolute atomic E-state index is 12.1. The molecule has 0 aromatic carbocycles. The number of aliphatic carboxylic acids is 1. The molecule has 2 rings (SSSR count). The Morgan fingerprint density at radius 1 is 0.929 bits per heavy atom. The molecule has 238 valence electrons. The molecule has 42 heavy (non-hydrogen) atoms. The van der Waals surface area contributed by atoms with Gasteiger partial charge >= 0.3 is 12.0 Å². The molecule has 0 spiro atoms. The highest BCUT2D eigenvalue weighted by molar-refractivity contribution is 8.00.